The molecule has 1 saturated carbocycles. The van der Waals surface area contributed by atoms with Gasteiger partial charge in [0.15, 0.2) is 0 Å². The van der Waals surface area contributed by atoms with Gasteiger partial charge in [-0.3, -0.25) is 4.79 Å². The van der Waals surface area contributed by atoms with E-state index >= 15 is 0 Å². The summed E-state index contributed by atoms with van der Waals surface area (Å²) < 4.78 is 16.2. The van der Waals surface area contributed by atoms with E-state index in [1.54, 1.807) is 12.5 Å². The van der Waals surface area contributed by atoms with E-state index in [1.165, 1.54) is 0 Å². The maximum Gasteiger partial charge on any atom is 0.334 e. The molecule has 134 valence electrons. The molecule has 3 fully saturated rings. The van der Waals surface area contributed by atoms with Crippen LogP contribution in [0.5, 0.6) is 0 Å². The predicted molar refractivity (Wildman–Crippen MR) is 89.3 cm³/mol. The average Bonchev–Trinajstić information content (AvgIpc) is 3.20. The highest BCUT2D eigenvalue weighted by Crippen LogP contribution is 2.61. The average molecular weight is 344 g/mol. The molecule has 5 atom stereocenters. The van der Waals surface area contributed by atoms with Crippen molar-refractivity contribution in [3.63, 3.8) is 0 Å². The van der Waals surface area contributed by atoms with Crippen LogP contribution >= 0.6 is 0 Å². The Bertz CT molecular complexity index is 720. The summed E-state index contributed by atoms with van der Waals surface area (Å²) in [7, 11) is 0. The first kappa shape index (κ1) is 16.4. The Morgan fingerprint density at radius 2 is 2.04 bits per heavy atom. The minimum absolute atomic E-state index is 0.0345. The predicted octanol–water partition coefficient (Wildman–Crippen LogP) is 3.81. The van der Waals surface area contributed by atoms with Gasteiger partial charge in [0, 0.05) is 23.0 Å². The molecular formula is C20H24O5. The lowest BCUT2D eigenvalue weighted by atomic mass is 9.51. The first-order chi connectivity index (χ1) is 11.9. The van der Waals surface area contributed by atoms with E-state index in [2.05, 4.69) is 13.5 Å². The molecule has 2 aliphatic heterocycles. The van der Waals surface area contributed by atoms with Crippen LogP contribution < -0.4 is 0 Å². The second kappa shape index (κ2) is 5.48. The van der Waals surface area contributed by atoms with Gasteiger partial charge < -0.3 is 13.9 Å². The molecule has 0 aromatic carbocycles. The van der Waals surface area contributed by atoms with Crippen molar-refractivity contribution in [3.8, 4) is 0 Å². The van der Waals surface area contributed by atoms with Crippen molar-refractivity contribution < 1.29 is 23.5 Å². The van der Waals surface area contributed by atoms with Gasteiger partial charge in [-0.25, -0.2) is 4.79 Å². The van der Waals surface area contributed by atoms with Gasteiger partial charge in [0.05, 0.1) is 24.5 Å². The van der Waals surface area contributed by atoms with Crippen LogP contribution in [-0.2, 0) is 19.1 Å². The van der Waals surface area contributed by atoms with Gasteiger partial charge in [0.25, 0.3) is 0 Å². The molecule has 3 heterocycles. The monoisotopic (exact) mass is 344 g/mol. The fourth-order valence-electron chi connectivity index (χ4n) is 5.35. The molecule has 0 radical (unpaired) electrons. The summed E-state index contributed by atoms with van der Waals surface area (Å²) in [6.07, 6.45) is 6.31. The molecule has 0 spiro atoms. The van der Waals surface area contributed by atoms with E-state index < -0.39 is 5.41 Å². The van der Waals surface area contributed by atoms with Crippen LogP contribution in [0, 0.1) is 22.7 Å². The minimum atomic E-state index is -0.459. The summed E-state index contributed by atoms with van der Waals surface area (Å²) >= 11 is 0. The number of fused-ring (bicyclic) bond motifs is 1. The van der Waals surface area contributed by atoms with Crippen molar-refractivity contribution in [1.82, 2.24) is 0 Å². The van der Waals surface area contributed by atoms with Gasteiger partial charge in [-0.15, -0.1) is 0 Å². The Balaban J connectivity index is 1.69. The Morgan fingerprint density at radius 1 is 1.24 bits per heavy atom. The molecule has 1 aliphatic carbocycles. The van der Waals surface area contributed by atoms with E-state index in [9.17, 15) is 9.59 Å². The van der Waals surface area contributed by atoms with E-state index in [1.807, 2.05) is 13.0 Å². The number of ether oxygens (including phenoxy) is 2. The summed E-state index contributed by atoms with van der Waals surface area (Å²) in [6, 6.07) is 1.83. The van der Waals surface area contributed by atoms with Crippen LogP contribution in [-0.4, -0.2) is 18.5 Å². The van der Waals surface area contributed by atoms with Crippen LogP contribution in [0.4, 0.5) is 0 Å². The topological polar surface area (TPSA) is 65.7 Å². The highest BCUT2D eigenvalue weighted by molar-refractivity contribution is 5.89. The first-order valence-corrected chi connectivity index (χ1v) is 8.95. The molecule has 25 heavy (non-hydrogen) atoms. The van der Waals surface area contributed by atoms with Crippen molar-refractivity contribution in [2.24, 2.45) is 22.7 Å². The van der Waals surface area contributed by atoms with E-state index in [0.29, 0.717) is 18.6 Å². The van der Waals surface area contributed by atoms with Crippen molar-refractivity contribution in [1.29, 1.82) is 0 Å². The van der Waals surface area contributed by atoms with Crippen molar-refractivity contribution in [2.45, 2.75) is 45.6 Å². The summed E-state index contributed by atoms with van der Waals surface area (Å²) in [4.78, 5) is 24.8. The molecule has 4 rings (SSSR count). The molecule has 3 aliphatic rings. The zero-order chi connectivity index (χ0) is 17.8. The lowest BCUT2D eigenvalue weighted by Gasteiger charge is -2.52. The number of carbonyl (C=O) groups is 2. The molecule has 5 heteroatoms. The van der Waals surface area contributed by atoms with Crippen molar-refractivity contribution in [2.75, 3.05) is 6.61 Å². The summed E-state index contributed by atoms with van der Waals surface area (Å²) in [5, 5.41) is 0. The molecule has 1 aromatic heterocycles. The number of hydrogen-bond donors (Lipinski definition) is 0. The van der Waals surface area contributed by atoms with Gasteiger partial charge in [0.1, 0.15) is 6.10 Å². The highest BCUT2D eigenvalue weighted by Gasteiger charge is 2.61. The van der Waals surface area contributed by atoms with Crippen LogP contribution in [0.15, 0.2) is 35.2 Å². The van der Waals surface area contributed by atoms with Crippen LogP contribution in [0.3, 0.4) is 0 Å². The Morgan fingerprint density at radius 3 is 2.76 bits per heavy atom. The van der Waals surface area contributed by atoms with Gasteiger partial charge in [-0.1, -0.05) is 19.9 Å². The Hall–Kier alpha value is -2.04. The number of rotatable bonds is 2. The first-order valence-electron chi connectivity index (χ1n) is 8.95. The van der Waals surface area contributed by atoms with Gasteiger partial charge in [0.2, 0.25) is 0 Å². The second-order valence-electron chi connectivity index (χ2n) is 8.19. The summed E-state index contributed by atoms with van der Waals surface area (Å²) in [5.41, 5.74) is 0.717. The van der Waals surface area contributed by atoms with E-state index in [4.69, 9.17) is 13.9 Å². The van der Waals surface area contributed by atoms with Crippen LogP contribution in [0.1, 0.15) is 51.2 Å². The summed E-state index contributed by atoms with van der Waals surface area (Å²) in [5.74, 6) is -0.383. The molecule has 0 bridgehead atoms. The fourth-order valence-corrected chi connectivity index (χ4v) is 5.35. The molecule has 5 nitrogen and oxygen atoms in total. The molecule has 0 N–H and O–H groups in total. The minimum Gasteiger partial charge on any atom is -0.472 e. The van der Waals surface area contributed by atoms with E-state index in [-0.39, 0.29) is 35.3 Å². The maximum atomic E-state index is 12.5. The number of carbonyl (C=O) groups excluding carboxylic acids is 2. The third-order valence-electron chi connectivity index (χ3n) is 6.92. The third kappa shape index (κ3) is 2.28. The van der Waals surface area contributed by atoms with Gasteiger partial charge in [-0.05, 0) is 37.7 Å². The maximum absolute atomic E-state index is 12.5. The second-order valence-corrected chi connectivity index (χ2v) is 8.19. The van der Waals surface area contributed by atoms with Gasteiger partial charge >= 0.3 is 11.9 Å². The Kier molecular flexibility index (Phi) is 3.60. The SMILES string of the molecule is C=C1C(=O)O[C@H](c2ccoc2)C[C@@H]1[C@@]1(C)CCC[C@]2(C)C(=O)OC[C@H]12. The molecule has 0 amide bonds. The fraction of sp³-hybridized carbons (Fsp3) is 0.600. The summed E-state index contributed by atoms with van der Waals surface area (Å²) in [6.45, 7) is 8.68. The Labute approximate surface area is 147 Å². The smallest absolute Gasteiger partial charge is 0.334 e. The van der Waals surface area contributed by atoms with Crippen molar-refractivity contribution in [3.05, 3.63) is 36.3 Å². The largest absolute Gasteiger partial charge is 0.472 e. The standard InChI is InChI=1S/C20H24O5/c1-12-14(9-15(25-17(12)21)13-5-8-23-10-13)19(2)6-4-7-20(3)16(19)11-24-18(20)22/h5,8,10,14-16H,1,4,6-7,9,11H2,2-3H3/t14-,15-,16+,19+,20-/m0/s1. The number of cyclic esters (lactones) is 2. The molecule has 1 aromatic rings. The number of furan rings is 1. The zero-order valence-electron chi connectivity index (χ0n) is 14.7. The molecular weight excluding hydrogens is 320 g/mol. The normalized spacial score (nSPS) is 41.2. The third-order valence-corrected chi connectivity index (χ3v) is 6.92. The van der Waals surface area contributed by atoms with Crippen molar-refractivity contribution >= 4 is 11.9 Å². The molecule has 2 saturated heterocycles. The van der Waals surface area contributed by atoms with Crippen LogP contribution in [0.25, 0.3) is 0 Å². The van der Waals surface area contributed by atoms with Crippen LogP contribution in [0.2, 0.25) is 0 Å². The van der Waals surface area contributed by atoms with Gasteiger partial charge in [-0.2, -0.15) is 0 Å². The number of hydrogen-bond acceptors (Lipinski definition) is 5. The van der Waals surface area contributed by atoms with E-state index in [0.717, 1.165) is 24.8 Å². The zero-order valence-corrected chi connectivity index (χ0v) is 14.7. The lowest BCUT2D eigenvalue weighted by Crippen LogP contribution is -2.50. The lowest BCUT2D eigenvalue weighted by molar-refractivity contribution is -0.155. The molecule has 0 unspecified atom stereocenters. The quantitative estimate of drug-likeness (QED) is 0.603. The highest BCUT2D eigenvalue weighted by atomic mass is 16.5. The number of esters is 2.